The topological polar surface area (TPSA) is 98.3 Å². The number of nitrogens with one attached hydrogen (secondary N) is 1. The van der Waals surface area contributed by atoms with E-state index in [1.54, 1.807) is 0 Å². The number of hydrogen-bond donors (Lipinski definition) is 2. The van der Waals surface area contributed by atoms with Crippen LogP contribution in [-0.4, -0.2) is 17.4 Å². The van der Waals surface area contributed by atoms with Crippen LogP contribution in [0.5, 0.6) is 0 Å². The highest BCUT2D eigenvalue weighted by Gasteiger charge is 2.19. The molecule has 0 fully saturated rings. The molecule has 0 aliphatic carbocycles. The number of carbonyl (C=O) groups is 1. The van der Waals surface area contributed by atoms with Crippen LogP contribution in [0.3, 0.4) is 0 Å². The molecule has 3 rings (SSSR count). The first kappa shape index (κ1) is 18.1. The van der Waals surface area contributed by atoms with E-state index >= 15 is 0 Å². The number of amides is 1. The van der Waals surface area contributed by atoms with E-state index in [1.165, 1.54) is 18.2 Å². The maximum atomic E-state index is 11.4. The van der Waals surface area contributed by atoms with Gasteiger partial charge in [0.15, 0.2) is 0 Å². The molecule has 6 nitrogen and oxygen atoms in total. The lowest BCUT2D eigenvalue weighted by molar-refractivity contribution is -0.384. The van der Waals surface area contributed by atoms with E-state index in [1.807, 2.05) is 60.7 Å². The summed E-state index contributed by atoms with van der Waals surface area (Å²) in [4.78, 5) is 22.2. The average molecular weight is 361 g/mol. The van der Waals surface area contributed by atoms with Crippen molar-refractivity contribution in [1.29, 1.82) is 0 Å². The predicted molar refractivity (Wildman–Crippen MR) is 105 cm³/mol. The second-order valence-corrected chi connectivity index (χ2v) is 6.11. The number of hydrogen-bond acceptors (Lipinski definition) is 4. The van der Waals surface area contributed by atoms with Crippen LogP contribution in [0.25, 0.3) is 0 Å². The van der Waals surface area contributed by atoms with Crippen molar-refractivity contribution in [2.45, 2.75) is 5.92 Å². The number of carbonyl (C=O) groups excluding carboxylic acids is 1. The van der Waals surface area contributed by atoms with Crippen LogP contribution in [0.15, 0.2) is 78.9 Å². The maximum absolute atomic E-state index is 11.4. The van der Waals surface area contributed by atoms with Gasteiger partial charge in [0.05, 0.1) is 4.92 Å². The molecule has 0 atom stereocenters. The highest BCUT2D eigenvalue weighted by Crippen LogP contribution is 2.29. The second-order valence-electron chi connectivity index (χ2n) is 6.11. The van der Waals surface area contributed by atoms with Crippen molar-refractivity contribution in [3.63, 3.8) is 0 Å². The van der Waals surface area contributed by atoms with E-state index in [4.69, 9.17) is 5.73 Å². The molecule has 3 aromatic carbocycles. The zero-order valence-electron chi connectivity index (χ0n) is 14.5. The maximum Gasteiger partial charge on any atom is 0.293 e. The quantitative estimate of drug-likeness (QED) is 0.492. The molecule has 0 heterocycles. The monoisotopic (exact) mass is 361 g/mol. The van der Waals surface area contributed by atoms with Crippen LogP contribution in [0.4, 0.5) is 11.4 Å². The van der Waals surface area contributed by atoms with Crippen LogP contribution >= 0.6 is 0 Å². The number of primary amides is 1. The number of benzene rings is 3. The standard InChI is InChI=1S/C21H19N3O3/c22-21(25)17-11-12-19(20(13-17)24(26)27)23-14-18(15-7-3-1-4-8-15)16-9-5-2-6-10-16/h1-13,18,23H,14H2,(H2,22,25). The third-order valence-corrected chi connectivity index (χ3v) is 4.38. The molecule has 0 unspecified atom stereocenters. The smallest absolute Gasteiger partial charge is 0.293 e. The molecular weight excluding hydrogens is 342 g/mol. The minimum atomic E-state index is -0.698. The molecule has 3 N–H and O–H groups in total. The molecule has 0 saturated heterocycles. The fourth-order valence-electron chi connectivity index (χ4n) is 3.00. The van der Waals surface area contributed by atoms with Crippen molar-refractivity contribution in [2.24, 2.45) is 5.73 Å². The van der Waals surface area contributed by atoms with Gasteiger partial charge in [-0.15, -0.1) is 0 Å². The number of nitro benzene ring substituents is 1. The second kappa shape index (κ2) is 8.14. The van der Waals surface area contributed by atoms with Crippen molar-refractivity contribution < 1.29 is 9.72 Å². The van der Waals surface area contributed by atoms with E-state index in [0.717, 1.165) is 11.1 Å². The van der Waals surface area contributed by atoms with Crippen molar-refractivity contribution in [2.75, 3.05) is 11.9 Å². The molecule has 136 valence electrons. The summed E-state index contributed by atoms with van der Waals surface area (Å²) in [6.07, 6.45) is 0. The summed E-state index contributed by atoms with van der Waals surface area (Å²) in [6, 6.07) is 24.1. The average Bonchev–Trinajstić information content (AvgIpc) is 2.69. The Morgan fingerprint density at radius 3 is 2.00 bits per heavy atom. The Morgan fingerprint density at radius 2 is 1.52 bits per heavy atom. The molecule has 0 saturated carbocycles. The van der Waals surface area contributed by atoms with Gasteiger partial charge >= 0.3 is 0 Å². The van der Waals surface area contributed by atoms with Crippen LogP contribution in [-0.2, 0) is 0 Å². The van der Waals surface area contributed by atoms with Crippen molar-refractivity contribution in [3.8, 4) is 0 Å². The number of nitrogens with two attached hydrogens (primary N) is 1. The van der Waals surface area contributed by atoms with Gasteiger partial charge in [0.25, 0.3) is 5.69 Å². The molecule has 0 aromatic heterocycles. The Balaban J connectivity index is 1.90. The normalized spacial score (nSPS) is 10.6. The summed E-state index contributed by atoms with van der Waals surface area (Å²) >= 11 is 0. The highest BCUT2D eigenvalue weighted by atomic mass is 16.6. The zero-order valence-corrected chi connectivity index (χ0v) is 14.5. The molecule has 27 heavy (non-hydrogen) atoms. The Morgan fingerprint density at radius 1 is 0.963 bits per heavy atom. The largest absolute Gasteiger partial charge is 0.379 e. The molecule has 1 amide bonds. The fourth-order valence-corrected chi connectivity index (χ4v) is 3.00. The Hall–Kier alpha value is -3.67. The molecular formula is C21H19N3O3. The summed E-state index contributed by atoms with van der Waals surface area (Å²) < 4.78 is 0. The van der Waals surface area contributed by atoms with Gasteiger partial charge in [-0.2, -0.15) is 0 Å². The fraction of sp³-hybridized carbons (Fsp3) is 0.0952. The van der Waals surface area contributed by atoms with Gasteiger partial charge in [0.2, 0.25) is 5.91 Å². The molecule has 0 spiro atoms. The summed E-state index contributed by atoms with van der Waals surface area (Å²) in [5, 5.41) is 14.6. The third kappa shape index (κ3) is 4.30. The first-order valence-corrected chi connectivity index (χ1v) is 8.48. The lowest BCUT2D eigenvalue weighted by atomic mass is 9.91. The molecule has 3 aromatic rings. The summed E-state index contributed by atoms with van der Waals surface area (Å²) in [6.45, 7) is 0.463. The van der Waals surface area contributed by atoms with Gasteiger partial charge in [0.1, 0.15) is 5.69 Å². The number of anilines is 1. The van der Waals surface area contributed by atoms with Crippen molar-refractivity contribution in [3.05, 3.63) is 106 Å². The lowest BCUT2D eigenvalue weighted by Gasteiger charge is -2.19. The van der Waals surface area contributed by atoms with E-state index < -0.39 is 10.8 Å². The molecule has 0 aliphatic rings. The molecule has 0 bridgehead atoms. The van der Waals surface area contributed by atoms with E-state index in [-0.39, 0.29) is 17.2 Å². The van der Waals surface area contributed by atoms with Crippen LogP contribution in [0.2, 0.25) is 0 Å². The number of nitro groups is 1. The van der Waals surface area contributed by atoms with Gasteiger partial charge in [-0.25, -0.2) is 0 Å². The van der Waals surface area contributed by atoms with Gasteiger partial charge in [0, 0.05) is 24.1 Å². The van der Waals surface area contributed by atoms with Crippen molar-refractivity contribution in [1.82, 2.24) is 0 Å². The van der Waals surface area contributed by atoms with Gasteiger partial charge < -0.3 is 11.1 Å². The number of rotatable bonds is 7. The van der Waals surface area contributed by atoms with Crippen LogP contribution in [0.1, 0.15) is 27.4 Å². The Labute approximate surface area is 156 Å². The Bertz CT molecular complexity index is 904. The van der Waals surface area contributed by atoms with E-state index in [9.17, 15) is 14.9 Å². The molecule has 6 heteroatoms. The summed E-state index contributed by atoms with van der Waals surface area (Å²) in [7, 11) is 0. The third-order valence-electron chi connectivity index (χ3n) is 4.38. The lowest BCUT2D eigenvalue weighted by Crippen LogP contribution is -2.16. The van der Waals surface area contributed by atoms with Crippen LogP contribution in [0, 0.1) is 10.1 Å². The summed E-state index contributed by atoms with van der Waals surface area (Å²) in [5.41, 5.74) is 7.71. The summed E-state index contributed by atoms with van der Waals surface area (Å²) in [5.74, 6) is -0.682. The van der Waals surface area contributed by atoms with E-state index in [0.29, 0.717) is 12.2 Å². The molecule has 0 radical (unpaired) electrons. The van der Waals surface area contributed by atoms with Gasteiger partial charge in [-0.1, -0.05) is 60.7 Å². The first-order chi connectivity index (χ1) is 13.1. The minimum Gasteiger partial charge on any atom is -0.379 e. The minimum absolute atomic E-state index is 0.0165. The zero-order chi connectivity index (χ0) is 19.2. The first-order valence-electron chi connectivity index (χ1n) is 8.48. The van der Waals surface area contributed by atoms with Crippen molar-refractivity contribution >= 4 is 17.3 Å². The predicted octanol–water partition coefficient (Wildman–Crippen LogP) is 3.94. The SMILES string of the molecule is NC(=O)c1ccc(NCC(c2ccccc2)c2ccccc2)c([N+](=O)[O-])c1. The Kier molecular flexibility index (Phi) is 5.47. The molecule has 0 aliphatic heterocycles. The van der Waals surface area contributed by atoms with Gasteiger partial charge in [-0.3, -0.25) is 14.9 Å². The van der Waals surface area contributed by atoms with Gasteiger partial charge in [-0.05, 0) is 23.3 Å². The van der Waals surface area contributed by atoms with Crippen LogP contribution < -0.4 is 11.1 Å². The van der Waals surface area contributed by atoms with E-state index in [2.05, 4.69) is 5.32 Å². The number of nitrogens with zero attached hydrogens (tertiary/aromatic N) is 1. The highest BCUT2D eigenvalue weighted by molar-refractivity contribution is 5.94.